The smallest absolute Gasteiger partial charge is 0.305 e. The van der Waals surface area contributed by atoms with E-state index >= 15 is 0 Å². The van der Waals surface area contributed by atoms with Crippen LogP contribution in [0, 0.1) is 17.8 Å². The number of ether oxygens (including phenoxy) is 1. The van der Waals surface area contributed by atoms with Crippen LogP contribution in [-0.4, -0.2) is 12.6 Å². The molecule has 0 saturated carbocycles. The number of hydrogen-bond acceptors (Lipinski definition) is 2. The molecule has 0 aliphatic heterocycles. The van der Waals surface area contributed by atoms with Crippen LogP contribution in [0.1, 0.15) is 118 Å². The van der Waals surface area contributed by atoms with Gasteiger partial charge in [-0.2, -0.15) is 0 Å². The fraction of sp³-hybridized carbons (Fsp3) is 0.957. The third-order valence-corrected chi connectivity index (χ3v) is 5.13. The number of hydrogen-bond donors (Lipinski definition) is 0. The van der Waals surface area contributed by atoms with Gasteiger partial charge in [-0.25, -0.2) is 0 Å². The summed E-state index contributed by atoms with van der Waals surface area (Å²) >= 11 is 0. The number of unbranched alkanes of at least 4 members (excludes halogenated alkanes) is 6. The van der Waals surface area contributed by atoms with Crippen LogP contribution in [0.2, 0.25) is 0 Å². The molecule has 0 saturated heterocycles. The molecule has 0 rings (SSSR count). The minimum Gasteiger partial charge on any atom is -0.466 e. The molecule has 2 heteroatoms. The van der Waals surface area contributed by atoms with Crippen molar-refractivity contribution in [3.05, 3.63) is 0 Å². The average molecular weight is 355 g/mol. The molecule has 150 valence electrons. The summed E-state index contributed by atoms with van der Waals surface area (Å²) < 4.78 is 5.38. The molecular formula is C23H46O2. The molecule has 0 amide bonds. The fourth-order valence-electron chi connectivity index (χ4n) is 3.46. The van der Waals surface area contributed by atoms with E-state index in [0.29, 0.717) is 13.0 Å². The highest BCUT2D eigenvalue weighted by Crippen LogP contribution is 2.22. The van der Waals surface area contributed by atoms with Gasteiger partial charge in [0.05, 0.1) is 6.61 Å². The SMILES string of the molecule is CCCCCCCCCC(=O)OCCCC(C)CC(C)CCC(C)C. The lowest BCUT2D eigenvalue weighted by atomic mass is 9.89. The maximum Gasteiger partial charge on any atom is 0.305 e. The van der Waals surface area contributed by atoms with E-state index < -0.39 is 0 Å². The van der Waals surface area contributed by atoms with Gasteiger partial charge >= 0.3 is 5.97 Å². The molecule has 0 fully saturated rings. The van der Waals surface area contributed by atoms with Gasteiger partial charge in [0.1, 0.15) is 0 Å². The van der Waals surface area contributed by atoms with Crippen molar-refractivity contribution in [3.8, 4) is 0 Å². The van der Waals surface area contributed by atoms with Crippen LogP contribution in [0.5, 0.6) is 0 Å². The standard InChI is InChI=1S/C23H46O2/c1-6-7-8-9-10-11-12-15-23(24)25-18-13-14-21(4)19-22(5)17-16-20(2)3/h20-22H,6-19H2,1-5H3. The van der Waals surface area contributed by atoms with Gasteiger partial charge in [0.15, 0.2) is 0 Å². The summed E-state index contributed by atoms with van der Waals surface area (Å²) in [6, 6.07) is 0. The summed E-state index contributed by atoms with van der Waals surface area (Å²) in [6.07, 6.45) is 15.5. The van der Waals surface area contributed by atoms with Crippen molar-refractivity contribution in [1.82, 2.24) is 0 Å². The van der Waals surface area contributed by atoms with E-state index in [2.05, 4.69) is 34.6 Å². The van der Waals surface area contributed by atoms with Gasteiger partial charge in [-0.3, -0.25) is 4.79 Å². The van der Waals surface area contributed by atoms with Gasteiger partial charge in [-0.15, -0.1) is 0 Å². The molecule has 0 spiro atoms. The van der Waals surface area contributed by atoms with Crippen molar-refractivity contribution in [1.29, 1.82) is 0 Å². The predicted molar refractivity (Wildman–Crippen MR) is 110 cm³/mol. The van der Waals surface area contributed by atoms with Gasteiger partial charge in [-0.1, -0.05) is 86.0 Å². The van der Waals surface area contributed by atoms with Crippen molar-refractivity contribution < 1.29 is 9.53 Å². The Morgan fingerprint density at radius 2 is 1.36 bits per heavy atom. The highest BCUT2D eigenvalue weighted by molar-refractivity contribution is 5.69. The maximum absolute atomic E-state index is 11.7. The molecule has 0 aromatic rings. The Balaban J connectivity index is 3.46. The van der Waals surface area contributed by atoms with Crippen LogP contribution in [0.3, 0.4) is 0 Å². The second-order valence-corrected chi connectivity index (χ2v) is 8.65. The fourth-order valence-corrected chi connectivity index (χ4v) is 3.46. The summed E-state index contributed by atoms with van der Waals surface area (Å²) in [5, 5.41) is 0. The zero-order chi connectivity index (χ0) is 18.9. The minimum absolute atomic E-state index is 0.00603. The molecule has 2 atom stereocenters. The molecule has 25 heavy (non-hydrogen) atoms. The third-order valence-electron chi connectivity index (χ3n) is 5.13. The Morgan fingerprint density at radius 3 is 2.00 bits per heavy atom. The lowest BCUT2D eigenvalue weighted by Crippen LogP contribution is -2.08. The predicted octanol–water partition coefficient (Wildman–Crippen LogP) is 7.55. The zero-order valence-electron chi connectivity index (χ0n) is 17.9. The van der Waals surface area contributed by atoms with Gasteiger partial charge < -0.3 is 4.74 Å². The number of carbonyl (C=O) groups is 1. The lowest BCUT2D eigenvalue weighted by molar-refractivity contribution is -0.144. The third kappa shape index (κ3) is 18.1. The topological polar surface area (TPSA) is 26.3 Å². The Morgan fingerprint density at radius 1 is 0.760 bits per heavy atom. The summed E-state index contributed by atoms with van der Waals surface area (Å²) in [5.74, 6) is 2.38. The van der Waals surface area contributed by atoms with Gasteiger partial charge in [0.25, 0.3) is 0 Å². The van der Waals surface area contributed by atoms with E-state index in [9.17, 15) is 4.79 Å². The van der Waals surface area contributed by atoms with E-state index in [1.807, 2.05) is 0 Å². The van der Waals surface area contributed by atoms with E-state index in [1.165, 1.54) is 64.2 Å². The Bertz CT molecular complexity index is 298. The van der Waals surface area contributed by atoms with E-state index in [0.717, 1.165) is 30.6 Å². The first-order valence-corrected chi connectivity index (χ1v) is 11.1. The van der Waals surface area contributed by atoms with Crippen LogP contribution >= 0.6 is 0 Å². The summed E-state index contributed by atoms with van der Waals surface area (Å²) in [6.45, 7) is 12.2. The summed E-state index contributed by atoms with van der Waals surface area (Å²) in [5.41, 5.74) is 0. The van der Waals surface area contributed by atoms with Crippen LogP contribution in [0.15, 0.2) is 0 Å². The van der Waals surface area contributed by atoms with Crippen LogP contribution in [-0.2, 0) is 9.53 Å². The molecule has 0 aliphatic carbocycles. The Kier molecular flexibility index (Phi) is 16.6. The quantitative estimate of drug-likeness (QED) is 0.199. The van der Waals surface area contributed by atoms with Gasteiger partial charge in [0.2, 0.25) is 0 Å². The van der Waals surface area contributed by atoms with Crippen LogP contribution in [0.4, 0.5) is 0 Å². The molecule has 0 bridgehead atoms. The Labute approximate surface area is 158 Å². The number of rotatable bonds is 17. The molecule has 0 heterocycles. The maximum atomic E-state index is 11.7. The second kappa shape index (κ2) is 16.9. The lowest BCUT2D eigenvalue weighted by Gasteiger charge is -2.18. The number of carbonyl (C=O) groups excluding carboxylic acids is 1. The Hall–Kier alpha value is -0.530. The molecule has 0 aromatic carbocycles. The van der Waals surface area contributed by atoms with Crippen molar-refractivity contribution in [2.75, 3.05) is 6.61 Å². The largest absolute Gasteiger partial charge is 0.466 e. The first kappa shape index (κ1) is 24.5. The first-order valence-electron chi connectivity index (χ1n) is 11.1. The van der Waals surface area contributed by atoms with E-state index in [1.54, 1.807) is 0 Å². The van der Waals surface area contributed by atoms with Crippen molar-refractivity contribution in [2.45, 2.75) is 118 Å². The zero-order valence-corrected chi connectivity index (χ0v) is 17.9. The van der Waals surface area contributed by atoms with Crippen LogP contribution < -0.4 is 0 Å². The van der Waals surface area contributed by atoms with E-state index in [4.69, 9.17) is 4.74 Å². The van der Waals surface area contributed by atoms with Crippen LogP contribution in [0.25, 0.3) is 0 Å². The molecule has 0 radical (unpaired) electrons. The summed E-state index contributed by atoms with van der Waals surface area (Å²) in [4.78, 5) is 11.7. The van der Waals surface area contributed by atoms with Gasteiger partial charge in [0, 0.05) is 6.42 Å². The highest BCUT2D eigenvalue weighted by atomic mass is 16.5. The van der Waals surface area contributed by atoms with Gasteiger partial charge in [-0.05, 0) is 43.4 Å². The average Bonchev–Trinajstić information content (AvgIpc) is 2.56. The number of esters is 1. The van der Waals surface area contributed by atoms with Crippen molar-refractivity contribution in [3.63, 3.8) is 0 Å². The molecule has 2 nitrogen and oxygen atoms in total. The molecule has 0 N–H and O–H groups in total. The van der Waals surface area contributed by atoms with Crippen molar-refractivity contribution in [2.24, 2.45) is 17.8 Å². The second-order valence-electron chi connectivity index (χ2n) is 8.65. The minimum atomic E-state index is 0.00603. The normalized spacial score (nSPS) is 13.8. The summed E-state index contributed by atoms with van der Waals surface area (Å²) in [7, 11) is 0. The molecule has 2 unspecified atom stereocenters. The first-order chi connectivity index (χ1) is 12.0. The monoisotopic (exact) mass is 354 g/mol. The van der Waals surface area contributed by atoms with E-state index in [-0.39, 0.29) is 5.97 Å². The highest BCUT2D eigenvalue weighted by Gasteiger charge is 2.10. The van der Waals surface area contributed by atoms with Crippen molar-refractivity contribution >= 4 is 5.97 Å². The molecule has 0 aliphatic rings. The molecular weight excluding hydrogens is 308 g/mol. The molecule has 0 aromatic heterocycles.